The van der Waals surface area contributed by atoms with Gasteiger partial charge in [0.05, 0.1) is 12.8 Å². The Morgan fingerprint density at radius 3 is 2.44 bits per heavy atom. The number of carbonyl (C=O) groups is 1. The second kappa shape index (κ2) is 7.67. The molecule has 0 aliphatic heterocycles. The van der Waals surface area contributed by atoms with Crippen molar-refractivity contribution in [1.82, 2.24) is 4.98 Å². The zero-order chi connectivity index (χ0) is 17.6. The molecule has 0 saturated heterocycles. The third kappa shape index (κ3) is 4.48. The van der Waals surface area contributed by atoms with Gasteiger partial charge in [0, 0.05) is 16.6 Å². The van der Waals surface area contributed by atoms with E-state index in [9.17, 15) is 4.79 Å². The maximum Gasteiger partial charge on any atom is 0.341 e. The highest BCUT2D eigenvalue weighted by molar-refractivity contribution is 7.14. The van der Waals surface area contributed by atoms with E-state index in [1.165, 1.54) is 11.3 Å². The summed E-state index contributed by atoms with van der Waals surface area (Å²) >= 11 is 1.51. The van der Waals surface area contributed by atoms with Gasteiger partial charge < -0.3 is 19.9 Å². The Hall–Kier alpha value is -3.06. The highest BCUT2D eigenvalue weighted by Gasteiger charge is 2.06. The highest BCUT2D eigenvalue weighted by Crippen LogP contribution is 2.28. The first-order chi connectivity index (χ1) is 12.1. The normalized spacial score (nSPS) is 10.3. The molecular weight excluding hydrogens is 340 g/mol. The predicted molar refractivity (Wildman–Crippen MR) is 97.0 cm³/mol. The van der Waals surface area contributed by atoms with Crippen LogP contribution in [0.5, 0.6) is 11.5 Å². The number of hydrogen-bond donors (Lipinski definition) is 2. The number of nitrogens with zero attached hydrogens (tertiary/aromatic N) is 1. The van der Waals surface area contributed by atoms with Crippen LogP contribution in [-0.2, 0) is 4.79 Å². The molecule has 3 rings (SSSR count). The third-order valence-electron chi connectivity index (χ3n) is 3.36. The Morgan fingerprint density at radius 1 is 1.12 bits per heavy atom. The Kier molecular flexibility index (Phi) is 5.15. The minimum Gasteiger partial charge on any atom is -0.497 e. The number of rotatable bonds is 7. The van der Waals surface area contributed by atoms with Crippen LogP contribution in [0.3, 0.4) is 0 Å². The fraction of sp³-hybridized carbons (Fsp3) is 0.111. The fourth-order valence-corrected chi connectivity index (χ4v) is 2.87. The van der Waals surface area contributed by atoms with Crippen molar-refractivity contribution in [1.29, 1.82) is 0 Å². The van der Waals surface area contributed by atoms with Gasteiger partial charge >= 0.3 is 5.97 Å². The number of methoxy groups -OCH3 is 1. The van der Waals surface area contributed by atoms with Crippen molar-refractivity contribution >= 4 is 28.1 Å². The van der Waals surface area contributed by atoms with Crippen LogP contribution in [0, 0.1) is 0 Å². The maximum absolute atomic E-state index is 10.5. The summed E-state index contributed by atoms with van der Waals surface area (Å²) in [4.78, 5) is 15.1. The van der Waals surface area contributed by atoms with E-state index in [0.717, 1.165) is 27.8 Å². The summed E-state index contributed by atoms with van der Waals surface area (Å²) in [6.45, 7) is -0.355. The molecule has 0 amide bonds. The maximum atomic E-state index is 10.5. The molecule has 1 heterocycles. The zero-order valence-electron chi connectivity index (χ0n) is 13.4. The van der Waals surface area contributed by atoms with Crippen molar-refractivity contribution < 1.29 is 19.4 Å². The molecule has 0 bridgehead atoms. The van der Waals surface area contributed by atoms with Gasteiger partial charge in [-0.1, -0.05) is 0 Å². The quantitative estimate of drug-likeness (QED) is 0.665. The van der Waals surface area contributed by atoms with Crippen LogP contribution in [0.15, 0.2) is 53.9 Å². The molecule has 0 aliphatic rings. The topological polar surface area (TPSA) is 80.7 Å². The number of nitrogens with one attached hydrogen (secondary N) is 1. The number of aliphatic carboxylic acids is 1. The van der Waals surface area contributed by atoms with Gasteiger partial charge in [0.15, 0.2) is 11.7 Å². The minimum absolute atomic E-state index is 0.355. The average Bonchev–Trinajstić information content (AvgIpc) is 3.09. The summed E-state index contributed by atoms with van der Waals surface area (Å²) in [5, 5.41) is 14.6. The van der Waals surface area contributed by atoms with Gasteiger partial charge in [0.1, 0.15) is 11.5 Å². The van der Waals surface area contributed by atoms with Crippen LogP contribution >= 0.6 is 11.3 Å². The molecule has 2 N–H and O–H groups in total. The summed E-state index contributed by atoms with van der Waals surface area (Å²) in [7, 11) is 1.63. The van der Waals surface area contributed by atoms with Crippen molar-refractivity contribution in [2.24, 2.45) is 0 Å². The number of carboxylic acids is 1. The molecule has 0 spiro atoms. The van der Waals surface area contributed by atoms with Gasteiger partial charge in [-0.2, -0.15) is 0 Å². The van der Waals surface area contributed by atoms with Gasteiger partial charge in [0.2, 0.25) is 0 Å². The molecule has 0 atom stereocenters. The molecular formula is C18H16N2O4S. The number of thiazole rings is 1. The minimum atomic E-state index is -1.00. The van der Waals surface area contributed by atoms with E-state index in [0.29, 0.717) is 5.75 Å². The van der Waals surface area contributed by atoms with E-state index >= 15 is 0 Å². The smallest absolute Gasteiger partial charge is 0.341 e. The van der Waals surface area contributed by atoms with Gasteiger partial charge in [-0.25, -0.2) is 9.78 Å². The molecule has 0 saturated carbocycles. The lowest BCUT2D eigenvalue weighted by molar-refractivity contribution is -0.139. The molecule has 7 heteroatoms. The third-order valence-corrected chi connectivity index (χ3v) is 4.12. The number of hydrogen-bond acceptors (Lipinski definition) is 6. The van der Waals surface area contributed by atoms with Gasteiger partial charge in [-0.15, -0.1) is 11.3 Å². The Bertz CT molecular complexity index is 844. The largest absolute Gasteiger partial charge is 0.497 e. The Morgan fingerprint density at radius 2 is 1.80 bits per heavy atom. The lowest BCUT2D eigenvalue weighted by Gasteiger charge is -2.04. The molecule has 1 aromatic heterocycles. The number of anilines is 2. The lowest BCUT2D eigenvalue weighted by atomic mass is 10.2. The number of benzene rings is 2. The monoisotopic (exact) mass is 356 g/mol. The Labute approximate surface area is 148 Å². The van der Waals surface area contributed by atoms with Crippen LogP contribution in [0.2, 0.25) is 0 Å². The summed E-state index contributed by atoms with van der Waals surface area (Å²) in [5.41, 5.74) is 2.70. The summed E-state index contributed by atoms with van der Waals surface area (Å²) in [5.74, 6) is 0.311. The molecule has 128 valence electrons. The van der Waals surface area contributed by atoms with E-state index < -0.39 is 5.97 Å². The van der Waals surface area contributed by atoms with Crippen LogP contribution in [0.4, 0.5) is 10.8 Å². The average molecular weight is 356 g/mol. The van der Waals surface area contributed by atoms with E-state index in [4.69, 9.17) is 14.6 Å². The molecule has 0 fully saturated rings. The first-order valence-electron chi connectivity index (χ1n) is 7.45. The van der Waals surface area contributed by atoms with Crippen LogP contribution in [-0.4, -0.2) is 29.8 Å². The summed E-state index contributed by atoms with van der Waals surface area (Å²) < 4.78 is 10.3. The van der Waals surface area contributed by atoms with Crippen molar-refractivity contribution in [2.45, 2.75) is 0 Å². The Balaban J connectivity index is 1.66. The standard InChI is InChI=1S/C18H16N2O4S/c1-23-14-8-4-13(5-9-14)19-18-20-16(11-25-18)12-2-6-15(7-3-12)24-10-17(21)22/h2-9,11H,10H2,1H3,(H,19,20)(H,21,22). The summed E-state index contributed by atoms with van der Waals surface area (Å²) in [6.07, 6.45) is 0. The zero-order valence-corrected chi connectivity index (χ0v) is 14.2. The fourth-order valence-electron chi connectivity index (χ4n) is 2.13. The second-order valence-corrected chi connectivity index (χ2v) is 5.96. The molecule has 0 radical (unpaired) electrons. The number of aromatic nitrogens is 1. The van der Waals surface area contributed by atoms with Gasteiger partial charge in [-0.3, -0.25) is 0 Å². The molecule has 6 nitrogen and oxygen atoms in total. The van der Waals surface area contributed by atoms with Crippen molar-refractivity contribution in [2.75, 3.05) is 19.0 Å². The van der Waals surface area contributed by atoms with Crippen LogP contribution in [0.1, 0.15) is 0 Å². The molecule has 2 aromatic carbocycles. The van der Waals surface area contributed by atoms with Crippen LogP contribution in [0.25, 0.3) is 11.3 Å². The van der Waals surface area contributed by atoms with Gasteiger partial charge in [0.25, 0.3) is 0 Å². The summed E-state index contributed by atoms with van der Waals surface area (Å²) in [6, 6.07) is 14.8. The molecule has 25 heavy (non-hydrogen) atoms. The molecule has 3 aromatic rings. The van der Waals surface area contributed by atoms with E-state index in [1.54, 1.807) is 19.2 Å². The SMILES string of the molecule is COc1ccc(Nc2nc(-c3ccc(OCC(=O)O)cc3)cs2)cc1. The van der Waals surface area contributed by atoms with Crippen molar-refractivity contribution in [3.63, 3.8) is 0 Å². The van der Waals surface area contributed by atoms with Crippen LogP contribution < -0.4 is 14.8 Å². The highest BCUT2D eigenvalue weighted by atomic mass is 32.1. The molecule has 0 aliphatic carbocycles. The predicted octanol–water partition coefficient (Wildman–Crippen LogP) is 4.03. The first kappa shape index (κ1) is 16.8. The van der Waals surface area contributed by atoms with Crippen molar-refractivity contribution in [3.8, 4) is 22.8 Å². The van der Waals surface area contributed by atoms with Crippen molar-refractivity contribution in [3.05, 3.63) is 53.9 Å². The molecule has 0 unspecified atom stereocenters. The van der Waals surface area contributed by atoms with E-state index in [2.05, 4.69) is 10.3 Å². The lowest BCUT2D eigenvalue weighted by Crippen LogP contribution is -2.09. The number of ether oxygens (including phenoxy) is 2. The van der Waals surface area contributed by atoms with Gasteiger partial charge in [-0.05, 0) is 48.5 Å². The second-order valence-electron chi connectivity index (χ2n) is 5.10. The van der Waals surface area contributed by atoms with E-state index in [1.807, 2.05) is 41.8 Å². The number of carboxylic acid groups (broad SMARTS) is 1. The first-order valence-corrected chi connectivity index (χ1v) is 8.33. The van der Waals surface area contributed by atoms with E-state index in [-0.39, 0.29) is 6.61 Å².